The van der Waals surface area contributed by atoms with Gasteiger partial charge >= 0.3 is 0 Å². The smallest absolute Gasteiger partial charge is 0.0931 e. The van der Waals surface area contributed by atoms with Gasteiger partial charge in [0, 0.05) is 16.4 Å². The van der Waals surface area contributed by atoms with Crippen molar-refractivity contribution in [1.29, 1.82) is 0 Å². The van der Waals surface area contributed by atoms with Crippen molar-refractivity contribution in [2.24, 2.45) is 0 Å². The summed E-state index contributed by atoms with van der Waals surface area (Å²) < 4.78 is 6.32. The van der Waals surface area contributed by atoms with Gasteiger partial charge in [-0.25, -0.2) is 0 Å². The van der Waals surface area contributed by atoms with Crippen LogP contribution in [-0.2, 0) is 10.5 Å². The van der Waals surface area contributed by atoms with Gasteiger partial charge in [-0.05, 0) is 26.0 Å². The van der Waals surface area contributed by atoms with Crippen molar-refractivity contribution < 1.29 is 4.74 Å². The van der Waals surface area contributed by atoms with Crippen molar-refractivity contribution >= 4 is 34.7 Å². The monoisotopic (exact) mass is 250 g/mol. The summed E-state index contributed by atoms with van der Waals surface area (Å²) in [6, 6.07) is 4.04. The molecule has 0 fully saturated rings. The number of hydrogen-bond acceptors (Lipinski definition) is 3. The summed E-state index contributed by atoms with van der Waals surface area (Å²) in [5, 5.41) is 0. The zero-order chi connectivity index (χ0) is 10.4. The highest BCUT2D eigenvalue weighted by atomic mass is 35.5. The SMILES string of the molecule is CC(C)OCCSCc1ccc(Cl)s1. The summed E-state index contributed by atoms with van der Waals surface area (Å²) >= 11 is 9.37. The van der Waals surface area contributed by atoms with E-state index in [-0.39, 0.29) is 0 Å². The lowest BCUT2D eigenvalue weighted by molar-refractivity contribution is 0.0920. The van der Waals surface area contributed by atoms with Crippen LogP contribution in [-0.4, -0.2) is 18.5 Å². The number of thiophene rings is 1. The lowest BCUT2D eigenvalue weighted by Gasteiger charge is -2.06. The normalized spacial score (nSPS) is 11.1. The first-order valence-electron chi connectivity index (χ1n) is 4.62. The highest BCUT2D eigenvalue weighted by Gasteiger charge is 1.98. The molecule has 0 saturated heterocycles. The summed E-state index contributed by atoms with van der Waals surface area (Å²) in [6.45, 7) is 4.95. The molecule has 0 amide bonds. The van der Waals surface area contributed by atoms with Crippen LogP contribution in [0.25, 0.3) is 0 Å². The second kappa shape index (κ2) is 6.72. The van der Waals surface area contributed by atoms with Crippen molar-refractivity contribution in [2.75, 3.05) is 12.4 Å². The van der Waals surface area contributed by atoms with Crippen LogP contribution in [0, 0.1) is 0 Å². The summed E-state index contributed by atoms with van der Waals surface area (Å²) in [6.07, 6.45) is 0.340. The Morgan fingerprint density at radius 2 is 2.29 bits per heavy atom. The molecule has 0 unspecified atom stereocenters. The van der Waals surface area contributed by atoms with E-state index in [2.05, 4.69) is 19.9 Å². The molecule has 1 heterocycles. The van der Waals surface area contributed by atoms with Crippen LogP contribution in [0.3, 0.4) is 0 Å². The third kappa shape index (κ3) is 5.25. The molecule has 0 aliphatic heterocycles. The number of ether oxygens (including phenoxy) is 1. The Bertz CT molecular complexity index is 260. The first-order chi connectivity index (χ1) is 6.68. The van der Waals surface area contributed by atoms with Crippen LogP contribution in [0.2, 0.25) is 4.34 Å². The Balaban J connectivity index is 2.04. The lowest BCUT2D eigenvalue weighted by Crippen LogP contribution is -2.05. The average Bonchev–Trinajstić information content (AvgIpc) is 2.50. The van der Waals surface area contributed by atoms with Gasteiger partial charge in [0.2, 0.25) is 0 Å². The largest absolute Gasteiger partial charge is 0.378 e. The van der Waals surface area contributed by atoms with Gasteiger partial charge in [-0.15, -0.1) is 11.3 Å². The highest BCUT2D eigenvalue weighted by Crippen LogP contribution is 2.24. The van der Waals surface area contributed by atoms with E-state index in [0.717, 1.165) is 22.4 Å². The Labute approximate surface area is 98.8 Å². The molecule has 0 atom stereocenters. The van der Waals surface area contributed by atoms with E-state index in [9.17, 15) is 0 Å². The Hall–Kier alpha value is 0.300. The summed E-state index contributed by atoms with van der Waals surface area (Å²) in [7, 11) is 0. The van der Waals surface area contributed by atoms with Crippen molar-refractivity contribution in [3.8, 4) is 0 Å². The van der Waals surface area contributed by atoms with E-state index >= 15 is 0 Å². The van der Waals surface area contributed by atoms with E-state index in [1.807, 2.05) is 17.8 Å². The van der Waals surface area contributed by atoms with E-state index in [1.165, 1.54) is 4.88 Å². The van der Waals surface area contributed by atoms with Crippen molar-refractivity contribution in [3.05, 3.63) is 21.3 Å². The van der Waals surface area contributed by atoms with Gasteiger partial charge in [0.15, 0.2) is 0 Å². The molecule has 1 aromatic rings. The predicted molar refractivity (Wildman–Crippen MR) is 66.6 cm³/mol. The summed E-state index contributed by atoms with van der Waals surface area (Å²) in [5.74, 6) is 2.09. The van der Waals surface area contributed by atoms with Crippen molar-refractivity contribution in [2.45, 2.75) is 25.7 Å². The maximum absolute atomic E-state index is 5.83. The number of hydrogen-bond donors (Lipinski definition) is 0. The predicted octanol–water partition coefficient (Wildman–Crippen LogP) is 4.06. The maximum atomic E-state index is 5.83. The van der Waals surface area contributed by atoms with Gasteiger partial charge < -0.3 is 4.74 Å². The molecule has 0 bridgehead atoms. The summed E-state index contributed by atoms with van der Waals surface area (Å²) in [4.78, 5) is 1.34. The molecule has 1 nitrogen and oxygen atoms in total. The molecule has 0 N–H and O–H groups in total. The van der Waals surface area contributed by atoms with Crippen LogP contribution >= 0.6 is 34.7 Å². The molecule has 0 saturated carbocycles. The summed E-state index contributed by atoms with van der Waals surface area (Å²) in [5.41, 5.74) is 0. The lowest BCUT2D eigenvalue weighted by atomic mass is 10.5. The molecule has 1 rings (SSSR count). The molecule has 4 heteroatoms. The van der Waals surface area contributed by atoms with Gasteiger partial charge in [0.25, 0.3) is 0 Å². The van der Waals surface area contributed by atoms with E-state index in [1.54, 1.807) is 11.3 Å². The van der Waals surface area contributed by atoms with E-state index in [4.69, 9.17) is 16.3 Å². The fraction of sp³-hybridized carbons (Fsp3) is 0.600. The maximum Gasteiger partial charge on any atom is 0.0931 e. The Kier molecular flexibility index (Phi) is 5.94. The van der Waals surface area contributed by atoms with Crippen molar-refractivity contribution in [1.82, 2.24) is 0 Å². The molecule has 80 valence electrons. The van der Waals surface area contributed by atoms with Crippen LogP contribution < -0.4 is 0 Å². The third-order valence-electron chi connectivity index (χ3n) is 1.55. The molecule has 0 radical (unpaired) electrons. The molecule has 14 heavy (non-hydrogen) atoms. The van der Waals surface area contributed by atoms with Crippen LogP contribution in [0.5, 0.6) is 0 Å². The molecule has 0 aliphatic rings. The van der Waals surface area contributed by atoms with Gasteiger partial charge in [0.1, 0.15) is 0 Å². The average molecular weight is 251 g/mol. The standard InChI is InChI=1S/C10H15ClOS2/c1-8(2)12-5-6-13-7-9-3-4-10(11)14-9/h3-4,8H,5-7H2,1-2H3. The topological polar surface area (TPSA) is 9.23 Å². The zero-order valence-electron chi connectivity index (χ0n) is 8.46. The molecular weight excluding hydrogens is 236 g/mol. The molecule has 0 aliphatic carbocycles. The van der Waals surface area contributed by atoms with Crippen molar-refractivity contribution in [3.63, 3.8) is 0 Å². The van der Waals surface area contributed by atoms with Gasteiger partial charge in [-0.1, -0.05) is 11.6 Å². The quantitative estimate of drug-likeness (QED) is 0.705. The van der Waals surface area contributed by atoms with Gasteiger partial charge in [-0.3, -0.25) is 0 Å². The molecule has 0 aromatic carbocycles. The minimum absolute atomic E-state index is 0.340. The number of halogens is 1. The van der Waals surface area contributed by atoms with E-state index < -0.39 is 0 Å². The molecule has 0 spiro atoms. The second-order valence-electron chi connectivity index (χ2n) is 3.18. The molecular formula is C10H15ClOS2. The van der Waals surface area contributed by atoms with Crippen LogP contribution in [0.4, 0.5) is 0 Å². The number of thioether (sulfide) groups is 1. The first kappa shape index (κ1) is 12.4. The fourth-order valence-electron chi connectivity index (χ4n) is 0.945. The van der Waals surface area contributed by atoms with Crippen LogP contribution in [0.1, 0.15) is 18.7 Å². The Morgan fingerprint density at radius 1 is 1.50 bits per heavy atom. The highest BCUT2D eigenvalue weighted by molar-refractivity contribution is 7.98. The third-order valence-corrected chi connectivity index (χ3v) is 3.94. The Morgan fingerprint density at radius 3 is 2.86 bits per heavy atom. The van der Waals surface area contributed by atoms with E-state index in [0.29, 0.717) is 6.10 Å². The van der Waals surface area contributed by atoms with Crippen LogP contribution in [0.15, 0.2) is 12.1 Å². The fourth-order valence-corrected chi connectivity index (χ4v) is 2.97. The van der Waals surface area contributed by atoms with Gasteiger partial charge in [-0.2, -0.15) is 11.8 Å². The second-order valence-corrected chi connectivity index (χ2v) is 6.08. The first-order valence-corrected chi connectivity index (χ1v) is 6.97. The minimum atomic E-state index is 0.340. The molecule has 1 aromatic heterocycles. The van der Waals surface area contributed by atoms with Gasteiger partial charge in [0.05, 0.1) is 17.0 Å². The number of rotatable bonds is 6. The minimum Gasteiger partial charge on any atom is -0.378 e. The zero-order valence-corrected chi connectivity index (χ0v) is 10.8.